The Balaban J connectivity index is 1.36. The zero-order valence-corrected chi connectivity index (χ0v) is 19.4. The van der Waals surface area contributed by atoms with Crippen molar-refractivity contribution in [1.29, 1.82) is 0 Å². The highest BCUT2D eigenvalue weighted by molar-refractivity contribution is 8.00. The summed E-state index contributed by atoms with van der Waals surface area (Å²) in [6.07, 6.45) is 7.23. The molecule has 0 spiro atoms. The first-order valence-corrected chi connectivity index (χ1v) is 12.1. The smallest absolute Gasteiger partial charge is 0.338 e. The third-order valence-corrected chi connectivity index (χ3v) is 8.26. The quantitative estimate of drug-likeness (QED) is 0.404. The van der Waals surface area contributed by atoms with Gasteiger partial charge < -0.3 is 15.0 Å². The maximum absolute atomic E-state index is 13.1. The average Bonchev–Trinajstić information content (AvgIpc) is 2.70. The number of rotatable bonds is 5. The van der Waals surface area contributed by atoms with Crippen molar-refractivity contribution in [2.75, 3.05) is 7.11 Å². The normalized spacial score (nSPS) is 29.2. The standard InChI is InChI=1S/C23H28N4O4S/c1-11-4-16(21(30)31-3)17-18(24-11)25-22(26-20(17)29)32-12(2)19(28)27-23-8-13-5-14(9-23)7-15(6-13)10-23/h4,12-15H,5-10H2,1-3H3,(H,27,28)(H,24,25,26,29)/t12-,13?,14?,15?,23?/m1/s1. The number of nitrogens with one attached hydrogen (secondary N) is 2. The lowest BCUT2D eigenvalue weighted by atomic mass is 9.53. The van der Waals surface area contributed by atoms with Crippen molar-refractivity contribution in [2.45, 2.75) is 68.3 Å². The van der Waals surface area contributed by atoms with Crippen LogP contribution in [0.25, 0.3) is 11.0 Å². The molecule has 0 radical (unpaired) electrons. The number of nitrogens with zero attached hydrogens (tertiary/aromatic N) is 2. The molecule has 0 saturated heterocycles. The number of carbonyl (C=O) groups excluding carboxylic acids is 2. The molecule has 0 aromatic carbocycles. The van der Waals surface area contributed by atoms with Gasteiger partial charge in [0.1, 0.15) is 0 Å². The highest BCUT2D eigenvalue weighted by atomic mass is 32.2. The Morgan fingerprint density at radius 1 is 1.19 bits per heavy atom. The summed E-state index contributed by atoms with van der Waals surface area (Å²) < 4.78 is 4.79. The Hall–Kier alpha value is -2.42. The van der Waals surface area contributed by atoms with Crippen LogP contribution in [-0.2, 0) is 9.53 Å². The van der Waals surface area contributed by atoms with E-state index in [0.717, 1.165) is 37.0 Å². The summed E-state index contributed by atoms with van der Waals surface area (Å²) in [5.74, 6) is 1.62. The van der Waals surface area contributed by atoms with E-state index in [1.54, 1.807) is 6.92 Å². The van der Waals surface area contributed by atoms with E-state index in [4.69, 9.17) is 4.74 Å². The molecule has 0 unspecified atom stereocenters. The van der Waals surface area contributed by atoms with E-state index < -0.39 is 16.8 Å². The molecule has 32 heavy (non-hydrogen) atoms. The number of pyridine rings is 1. The molecule has 0 aliphatic heterocycles. The van der Waals surface area contributed by atoms with Gasteiger partial charge in [0.25, 0.3) is 5.56 Å². The van der Waals surface area contributed by atoms with Crippen LogP contribution in [0.4, 0.5) is 0 Å². The fraction of sp³-hybridized carbons (Fsp3) is 0.609. The van der Waals surface area contributed by atoms with Crippen molar-refractivity contribution in [3.63, 3.8) is 0 Å². The number of aromatic amines is 1. The van der Waals surface area contributed by atoms with Crippen LogP contribution >= 0.6 is 11.8 Å². The monoisotopic (exact) mass is 456 g/mol. The number of aromatic nitrogens is 3. The molecule has 9 heteroatoms. The molecule has 2 aromatic rings. The second kappa shape index (κ2) is 7.86. The second-order valence-electron chi connectivity index (χ2n) is 9.82. The van der Waals surface area contributed by atoms with Crippen molar-refractivity contribution in [2.24, 2.45) is 17.8 Å². The van der Waals surface area contributed by atoms with E-state index in [1.165, 1.54) is 44.2 Å². The van der Waals surface area contributed by atoms with Crippen LogP contribution in [0.15, 0.2) is 16.0 Å². The maximum Gasteiger partial charge on any atom is 0.338 e. The third-order valence-electron chi connectivity index (χ3n) is 7.27. The molecule has 2 N–H and O–H groups in total. The Morgan fingerprint density at radius 2 is 1.81 bits per heavy atom. The molecule has 4 aliphatic carbocycles. The minimum atomic E-state index is -0.614. The van der Waals surface area contributed by atoms with Crippen molar-refractivity contribution in [1.82, 2.24) is 20.3 Å². The van der Waals surface area contributed by atoms with Crippen LogP contribution in [0.1, 0.15) is 61.5 Å². The number of aryl methyl sites for hydroxylation is 1. The van der Waals surface area contributed by atoms with E-state index in [9.17, 15) is 14.4 Å². The largest absolute Gasteiger partial charge is 0.465 e. The maximum atomic E-state index is 13.1. The lowest BCUT2D eigenvalue weighted by Crippen LogP contribution is -2.60. The Labute approximate surface area is 190 Å². The van der Waals surface area contributed by atoms with Gasteiger partial charge in [-0.3, -0.25) is 9.59 Å². The van der Waals surface area contributed by atoms with Crippen LogP contribution in [-0.4, -0.2) is 44.7 Å². The number of amides is 1. The van der Waals surface area contributed by atoms with Crippen LogP contribution in [0.3, 0.4) is 0 Å². The molecule has 1 atom stereocenters. The van der Waals surface area contributed by atoms with Gasteiger partial charge in [0.05, 0.1) is 23.3 Å². The van der Waals surface area contributed by atoms with E-state index >= 15 is 0 Å². The van der Waals surface area contributed by atoms with Gasteiger partial charge in [0, 0.05) is 11.2 Å². The summed E-state index contributed by atoms with van der Waals surface area (Å²) in [5, 5.41) is 3.36. The molecule has 170 valence electrons. The Morgan fingerprint density at radius 3 is 2.41 bits per heavy atom. The molecule has 4 bridgehead atoms. The molecular weight excluding hydrogens is 428 g/mol. The van der Waals surface area contributed by atoms with Crippen LogP contribution in [0, 0.1) is 24.7 Å². The van der Waals surface area contributed by atoms with E-state index in [1.807, 2.05) is 6.92 Å². The number of hydrogen-bond donors (Lipinski definition) is 2. The summed E-state index contributed by atoms with van der Waals surface area (Å²) in [5.41, 5.74) is 0.329. The molecular formula is C23H28N4O4S. The summed E-state index contributed by atoms with van der Waals surface area (Å²) in [7, 11) is 1.26. The first-order chi connectivity index (χ1) is 15.2. The van der Waals surface area contributed by atoms with Crippen molar-refractivity contribution in [3.05, 3.63) is 27.7 Å². The molecule has 4 saturated carbocycles. The number of hydrogen-bond acceptors (Lipinski definition) is 7. The predicted molar refractivity (Wildman–Crippen MR) is 121 cm³/mol. The van der Waals surface area contributed by atoms with E-state index in [0.29, 0.717) is 10.9 Å². The number of ether oxygens (including phenoxy) is 1. The van der Waals surface area contributed by atoms with E-state index in [2.05, 4.69) is 20.3 Å². The molecule has 8 nitrogen and oxygen atoms in total. The summed E-state index contributed by atoms with van der Waals surface area (Å²) >= 11 is 1.20. The third kappa shape index (κ3) is 3.80. The Kier molecular flexibility index (Phi) is 5.27. The lowest BCUT2D eigenvalue weighted by Gasteiger charge is -2.57. The molecule has 2 aromatic heterocycles. The van der Waals surface area contributed by atoms with Gasteiger partial charge >= 0.3 is 5.97 Å². The zero-order valence-electron chi connectivity index (χ0n) is 18.6. The summed E-state index contributed by atoms with van der Waals surface area (Å²) in [6.45, 7) is 3.55. The number of H-pyrrole nitrogens is 1. The highest BCUT2D eigenvalue weighted by Gasteiger charge is 2.51. The zero-order chi connectivity index (χ0) is 22.6. The van der Waals surface area contributed by atoms with Gasteiger partial charge in [-0.2, -0.15) is 0 Å². The fourth-order valence-electron chi connectivity index (χ4n) is 6.42. The number of methoxy groups -OCH3 is 1. The highest BCUT2D eigenvalue weighted by Crippen LogP contribution is 2.55. The van der Waals surface area contributed by atoms with Gasteiger partial charge in [-0.15, -0.1) is 0 Å². The van der Waals surface area contributed by atoms with Crippen molar-refractivity contribution in [3.8, 4) is 0 Å². The average molecular weight is 457 g/mol. The number of carbonyl (C=O) groups is 2. The molecule has 4 aliphatic rings. The first kappa shape index (κ1) is 21.4. The molecule has 6 rings (SSSR count). The van der Waals surface area contributed by atoms with Crippen LogP contribution < -0.4 is 10.9 Å². The second-order valence-corrected chi connectivity index (χ2v) is 11.1. The SMILES string of the molecule is COC(=O)c1cc(C)nc2nc(S[C@H](C)C(=O)NC34CC5CC(CC(C5)C3)C4)[nH]c(=O)c12. The van der Waals surface area contributed by atoms with Crippen molar-refractivity contribution < 1.29 is 14.3 Å². The lowest BCUT2D eigenvalue weighted by molar-refractivity contribution is -0.126. The summed E-state index contributed by atoms with van der Waals surface area (Å²) in [4.78, 5) is 49.4. The molecule has 2 heterocycles. The van der Waals surface area contributed by atoms with Gasteiger partial charge in [-0.25, -0.2) is 14.8 Å². The fourth-order valence-corrected chi connectivity index (χ4v) is 7.21. The minimum absolute atomic E-state index is 0.0212. The van der Waals surface area contributed by atoms with Crippen LogP contribution in [0.5, 0.6) is 0 Å². The number of thioether (sulfide) groups is 1. The minimum Gasteiger partial charge on any atom is -0.465 e. The van der Waals surface area contributed by atoms with Gasteiger partial charge in [-0.1, -0.05) is 11.8 Å². The van der Waals surface area contributed by atoms with E-state index in [-0.39, 0.29) is 28.0 Å². The van der Waals surface area contributed by atoms with Crippen molar-refractivity contribution >= 4 is 34.7 Å². The van der Waals surface area contributed by atoms with Crippen LogP contribution in [0.2, 0.25) is 0 Å². The molecule has 4 fully saturated rings. The number of fused-ring (bicyclic) bond motifs is 1. The van der Waals surface area contributed by atoms with Gasteiger partial charge in [-0.05, 0) is 76.2 Å². The first-order valence-electron chi connectivity index (χ1n) is 11.2. The topological polar surface area (TPSA) is 114 Å². The Bertz CT molecular complexity index is 1130. The van der Waals surface area contributed by atoms with Gasteiger partial charge in [0.2, 0.25) is 5.91 Å². The van der Waals surface area contributed by atoms with Gasteiger partial charge in [0.15, 0.2) is 10.8 Å². The number of esters is 1. The summed E-state index contributed by atoms with van der Waals surface area (Å²) in [6, 6.07) is 1.51. The molecule has 1 amide bonds. The predicted octanol–water partition coefficient (Wildman–Crippen LogP) is 2.98.